The number of hydrogen-bond donors (Lipinski definition) is 0. The van der Waals surface area contributed by atoms with Crippen LogP contribution in [0.25, 0.3) is 0 Å². The number of thioether (sulfide) groups is 1. The Kier molecular flexibility index (Phi) is 8.04. The smallest absolute Gasteiger partial charge is 0.209 e. The Morgan fingerprint density at radius 3 is 2.26 bits per heavy atom. The van der Waals surface area contributed by atoms with E-state index < -0.39 is 0 Å². The van der Waals surface area contributed by atoms with Crippen LogP contribution in [0.4, 0.5) is 11.4 Å². The van der Waals surface area contributed by atoms with Gasteiger partial charge in [-0.25, -0.2) is 0 Å². The quantitative estimate of drug-likeness (QED) is 0.260. The normalized spacial score (nSPS) is 21.0. The molecule has 6 rings (SSSR count). The van der Waals surface area contributed by atoms with E-state index >= 15 is 0 Å². The predicted octanol–water partition coefficient (Wildman–Crippen LogP) is 11.0. The summed E-state index contributed by atoms with van der Waals surface area (Å²) in [5, 5.41) is 1.57. The second-order valence-corrected chi connectivity index (χ2v) is 14.7. The second-order valence-electron chi connectivity index (χ2n) is 12.8. The van der Waals surface area contributed by atoms with Crippen LogP contribution in [0.15, 0.2) is 118 Å². The van der Waals surface area contributed by atoms with Crippen molar-refractivity contribution in [2.45, 2.75) is 62.7 Å². The van der Waals surface area contributed by atoms with Crippen LogP contribution in [0.5, 0.6) is 0 Å². The standard InChI is InChI=1S/C38H39Cl2N2S/c1-37(2)30-23-27(39)17-19-32(30)41(5)34(37)21-15-25-11-10-12-26(36(25)43-29-13-8-7-9-14-29)16-22-35-38(3,4)31-24-28(40)18-20-33(31)42(35)6/h7-9,13-24H,10-12H2,1-6H3/q+1. The molecule has 0 amide bonds. The van der Waals surface area contributed by atoms with E-state index in [0.29, 0.717) is 0 Å². The zero-order valence-electron chi connectivity index (χ0n) is 25.8. The largest absolute Gasteiger partial charge is 0.347 e. The number of benzene rings is 3. The van der Waals surface area contributed by atoms with Gasteiger partial charge < -0.3 is 4.90 Å². The number of likely N-dealkylation sites (N-methyl/N-ethyl adjacent to an activating group) is 1. The van der Waals surface area contributed by atoms with E-state index in [2.05, 4.69) is 130 Å². The van der Waals surface area contributed by atoms with E-state index in [4.69, 9.17) is 23.2 Å². The SMILES string of the molecule is CN1/C(=C/C=C2\CCCC(/C=C/C3=[N+](C)c4ccc(Cl)cc4C3(C)C)=C2Sc2ccccc2)C(C)(C)c2cc(Cl)ccc21. The third-order valence-corrected chi connectivity index (χ3v) is 11.0. The first-order valence-corrected chi connectivity index (χ1v) is 16.6. The summed E-state index contributed by atoms with van der Waals surface area (Å²) >= 11 is 14.7. The molecule has 0 saturated carbocycles. The highest BCUT2D eigenvalue weighted by Crippen LogP contribution is 2.48. The van der Waals surface area contributed by atoms with Gasteiger partial charge in [-0.1, -0.05) is 79.2 Å². The lowest BCUT2D eigenvalue weighted by Gasteiger charge is -2.25. The molecule has 0 saturated heterocycles. The van der Waals surface area contributed by atoms with Gasteiger partial charge in [-0.3, -0.25) is 0 Å². The van der Waals surface area contributed by atoms with E-state index in [-0.39, 0.29) is 10.8 Å². The monoisotopic (exact) mass is 625 g/mol. The van der Waals surface area contributed by atoms with Gasteiger partial charge in [0.15, 0.2) is 5.71 Å². The van der Waals surface area contributed by atoms with E-state index in [1.807, 2.05) is 23.9 Å². The molecule has 0 fully saturated rings. The molecule has 0 unspecified atom stereocenters. The van der Waals surface area contributed by atoms with Crippen LogP contribution in [0.3, 0.4) is 0 Å². The lowest BCUT2D eigenvalue weighted by Crippen LogP contribution is -2.26. The van der Waals surface area contributed by atoms with Gasteiger partial charge in [-0.2, -0.15) is 4.58 Å². The summed E-state index contributed by atoms with van der Waals surface area (Å²) < 4.78 is 2.32. The summed E-state index contributed by atoms with van der Waals surface area (Å²) in [6.07, 6.45) is 12.7. The van der Waals surface area contributed by atoms with Gasteiger partial charge in [0.05, 0.1) is 5.41 Å². The van der Waals surface area contributed by atoms with Crippen LogP contribution >= 0.6 is 35.0 Å². The van der Waals surface area contributed by atoms with Crippen molar-refractivity contribution in [3.63, 3.8) is 0 Å². The number of hydrogen-bond acceptors (Lipinski definition) is 2. The molecule has 1 aliphatic carbocycles. The summed E-state index contributed by atoms with van der Waals surface area (Å²) in [5.41, 5.74) is 10.1. The van der Waals surface area contributed by atoms with Crippen molar-refractivity contribution in [3.8, 4) is 0 Å². The number of nitrogens with zero attached hydrogens (tertiary/aromatic N) is 2. The van der Waals surface area contributed by atoms with Gasteiger partial charge in [0.25, 0.3) is 0 Å². The average molecular weight is 627 g/mol. The lowest BCUT2D eigenvalue weighted by molar-refractivity contribution is -0.401. The van der Waals surface area contributed by atoms with Crippen molar-refractivity contribution in [2.75, 3.05) is 19.0 Å². The number of anilines is 1. The Morgan fingerprint density at radius 2 is 1.51 bits per heavy atom. The molecule has 0 aromatic heterocycles. The minimum atomic E-state index is -0.132. The molecule has 2 nitrogen and oxygen atoms in total. The van der Waals surface area contributed by atoms with Crippen molar-refractivity contribution in [2.24, 2.45) is 0 Å². The zero-order chi connectivity index (χ0) is 30.5. The van der Waals surface area contributed by atoms with Gasteiger partial charge >= 0.3 is 0 Å². The maximum atomic E-state index is 6.42. The maximum Gasteiger partial charge on any atom is 0.209 e. The molecule has 5 heteroatoms. The van der Waals surface area contributed by atoms with E-state index in [1.165, 1.54) is 54.9 Å². The Bertz CT molecular complexity index is 1760. The van der Waals surface area contributed by atoms with Crippen LogP contribution in [0.2, 0.25) is 10.0 Å². The van der Waals surface area contributed by atoms with Crippen LogP contribution in [0, 0.1) is 0 Å². The molecule has 0 N–H and O–H groups in total. The van der Waals surface area contributed by atoms with Crippen molar-refractivity contribution < 1.29 is 4.58 Å². The van der Waals surface area contributed by atoms with Gasteiger partial charge in [0, 0.05) is 61.4 Å². The summed E-state index contributed by atoms with van der Waals surface area (Å²) in [5.74, 6) is 0. The number of rotatable bonds is 5. The van der Waals surface area contributed by atoms with Crippen molar-refractivity contribution in [1.82, 2.24) is 0 Å². The zero-order valence-corrected chi connectivity index (χ0v) is 28.2. The fraction of sp³-hybridized carbons (Fsp3) is 0.289. The first-order valence-electron chi connectivity index (χ1n) is 15.0. The average Bonchev–Trinajstić information content (AvgIpc) is 3.28. The topological polar surface area (TPSA) is 6.25 Å². The maximum absolute atomic E-state index is 6.42. The van der Waals surface area contributed by atoms with E-state index in [9.17, 15) is 0 Å². The van der Waals surface area contributed by atoms with Crippen molar-refractivity contribution in [1.29, 1.82) is 0 Å². The summed E-state index contributed by atoms with van der Waals surface area (Å²) in [4.78, 5) is 4.94. The highest BCUT2D eigenvalue weighted by atomic mass is 35.5. The number of halogens is 2. The summed E-state index contributed by atoms with van der Waals surface area (Å²) in [7, 11) is 4.33. The van der Waals surface area contributed by atoms with E-state index in [0.717, 1.165) is 29.3 Å². The third-order valence-electron chi connectivity index (χ3n) is 9.31. The van der Waals surface area contributed by atoms with Gasteiger partial charge in [-0.05, 0) is 98.4 Å². The fourth-order valence-electron chi connectivity index (χ4n) is 6.93. The van der Waals surface area contributed by atoms with Crippen LogP contribution in [0.1, 0.15) is 58.1 Å². The predicted molar refractivity (Wildman–Crippen MR) is 187 cm³/mol. The van der Waals surface area contributed by atoms with Crippen LogP contribution in [-0.4, -0.2) is 24.4 Å². The Balaban J connectivity index is 1.41. The minimum Gasteiger partial charge on any atom is -0.347 e. The van der Waals surface area contributed by atoms with Gasteiger partial charge in [0.2, 0.25) is 5.69 Å². The Hall–Kier alpha value is -2.98. The third kappa shape index (κ3) is 5.45. The Labute approximate surface area is 271 Å². The van der Waals surface area contributed by atoms with Crippen LogP contribution < -0.4 is 4.90 Å². The summed E-state index contributed by atoms with van der Waals surface area (Å²) in [6.45, 7) is 9.18. The molecule has 43 heavy (non-hydrogen) atoms. The highest BCUT2D eigenvalue weighted by molar-refractivity contribution is 8.03. The minimum absolute atomic E-state index is 0.132. The fourth-order valence-corrected chi connectivity index (χ4v) is 8.41. The van der Waals surface area contributed by atoms with Gasteiger partial charge in [0.1, 0.15) is 7.05 Å². The molecule has 3 aromatic rings. The van der Waals surface area contributed by atoms with Crippen LogP contribution in [-0.2, 0) is 10.8 Å². The molecule has 0 bridgehead atoms. The molecular formula is C38H39Cl2N2S+. The molecule has 0 spiro atoms. The van der Waals surface area contributed by atoms with Gasteiger partial charge in [-0.15, -0.1) is 0 Å². The molecule has 0 atom stereocenters. The first-order chi connectivity index (χ1) is 20.5. The number of fused-ring (bicyclic) bond motifs is 2. The van der Waals surface area contributed by atoms with Crippen molar-refractivity contribution in [3.05, 3.63) is 134 Å². The first kappa shape index (κ1) is 30.1. The second kappa shape index (κ2) is 11.5. The summed E-state index contributed by atoms with van der Waals surface area (Å²) in [6, 6.07) is 23.2. The molecule has 3 aliphatic rings. The molecule has 220 valence electrons. The molecule has 3 aromatic carbocycles. The molecule has 2 heterocycles. The Morgan fingerprint density at radius 1 is 0.814 bits per heavy atom. The van der Waals surface area contributed by atoms with Crippen molar-refractivity contribution >= 4 is 52.1 Å². The van der Waals surface area contributed by atoms with E-state index in [1.54, 1.807) is 0 Å². The number of allylic oxidation sites excluding steroid dienone is 7. The molecule has 0 radical (unpaired) electrons. The molecule has 2 aliphatic heterocycles. The highest BCUT2D eigenvalue weighted by Gasteiger charge is 2.43. The lowest BCUT2D eigenvalue weighted by atomic mass is 9.81. The molecular weight excluding hydrogens is 587 g/mol.